The van der Waals surface area contributed by atoms with Gasteiger partial charge in [0.05, 0.1) is 6.10 Å². The number of likely N-dealkylation sites (N-methyl/N-ethyl adjacent to an activating group) is 7. The topological polar surface area (TPSA) is 282 Å². The van der Waals surface area contributed by atoms with Crippen molar-refractivity contribution in [2.75, 3.05) is 80.5 Å². The molecule has 25 heteroatoms. The maximum atomic E-state index is 15.5. The lowest BCUT2D eigenvalue weighted by atomic mass is 9.91. The fourth-order valence-corrected chi connectivity index (χ4v) is 13.2. The summed E-state index contributed by atoms with van der Waals surface area (Å²) in [6.07, 6.45) is 2.98. The third kappa shape index (κ3) is 25.2. The summed E-state index contributed by atoms with van der Waals surface area (Å²) in [5.41, 5.74) is 0. The fraction of sp³-hybridized carbons (Fsp3) is 0.814. The normalized spacial score (nSPS) is 26.3. The van der Waals surface area contributed by atoms with Gasteiger partial charge in [0, 0.05) is 67.4 Å². The monoisotopic (exact) mass is 1360 g/mol. The summed E-state index contributed by atoms with van der Waals surface area (Å²) in [6, 6.07) is -13.8. The summed E-state index contributed by atoms with van der Waals surface area (Å²) >= 11 is 1.44. The summed E-state index contributed by atoms with van der Waals surface area (Å²) < 4.78 is 0. The van der Waals surface area contributed by atoms with Crippen LogP contribution in [0.1, 0.15) is 171 Å². The first-order valence-corrected chi connectivity index (χ1v) is 35.8. The number of aliphatic hydroxyl groups is 1. The first-order chi connectivity index (χ1) is 44.0. The molecule has 1 fully saturated rings. The van der Waals surface area contributed by atoms with Crippen LogP contribution in [0.2, 0.25) is 0 Å². The van der Waals surface area contributed by atoms with Gasteiger partial charge in [-0.25, -0.2) is 0 Å². The first-order valence-electron chi connectivity index (χ1n) is 34.7. The molecule has 95 heavy (non-hydrogen) atoms. The van der Waals surface area contributed by atoms with Gasteiger partial charge in [-0.15, -0.1) is 0 Å². The number of hydrogen-bond donors (Lipinski definition) is 5. The van der Waals surface area contributed by atoms with E-state index in [1.807, 2.05) is 82.2 Å². The van der Waals surface area contributed by atoms with E-state index >= 15 is 33.6 Å². The van der Waals surface area contributed by atoms with E-state index < -0.39 is 161 Å². The molecule has 0 radical (unpaired) electrons. The molecule has 24 nitrogen and oxygen atoms in total. The number of nitrogens with one attached hydrogen (secondary N) is 4. The lowest BCUT2D eigenvalue weighted by Crippen LogP contribution is -2.64. The molecule has 0 aromatic carbocycles. The van der Waals surface area contributed by atoms with Crippen LogP contribution in [0, 0.1) is 47.3 Å². The van der Waals surface area contributed by atoms with Crippen molar-refractivity contribution in [3.8, 4) is 0 Å². The zero-order valence-electron chi connectivity index (χ0n) is 63.2. The van der Waals surface area contributed by atoms with Gasteiger partial charge >= 0.3 is 0 Å². The van der Waals surface area contributed by atoms with Gasteiger partial charge in [-0.2, -0.15) is 11.8 Å². The molecule has 0 aliphatic carbocycles. The standard InChI is InChI=1S/C70H128N12O12S/c1-28-31-32-47(18)59(83)58-63(87)74-56(45(14)15)69(93)79(25)54(39-95-34-33-82(29-2)30-3)67(91)75(21)51(36-41(6)7)62(86)73-55(44(12)13)68(92)76(22)50(35-40(4)5)61(85)71-48(19)60(84)72-49(20)64(88)77(23)52(37-42(8)9)65(89)78(24)53(38-43(10)11)66(90)80(26)57(46(16)17)70(94)81(58)27/h28,31,40-59,83H,29-30,32-39H2,1-27H3,(H,71,85)(H,72,84)(H,73,86)(H,74,87)/t47-,48-,49+,50?,51+,52-,53-,54-,55-,56-,57-,58-,59-/m1/s1. The van der Waals surface area contributed by atoms with Crippen molar-refractivity contribution in [1.82, 2.24) is 60.5 Å². The van der Waals surface area contributed by atoms with Gasteiger partial charge in [0.15, 0.2) is 0 Å². The van der Waals surface area contributed by atoms with Crippen LogP contribution in [0.5, 0.6) is 0 Å². The molecule has 1 aliphatic rings. The third-order valence-electron chi connectivity index (χ3n) is 18.3. The molecule has 1 rings (SSSR count). The Kier molecular flexibility index (Phi) is 37.4. The summed E-state index contributed by atoms with van der Waals surface area (Å²) in [6.45, 7) is 38.3. The van der Waals surface area contributed by atoms with Crippen LogP contribution >= 0.6 is 11.8 Å². The Morgan fingerprint density at radius 1 is 0.432 bits per heavy atom. The predicted molar refractivity (Wildman–Crippen MR) is 377 cm³/mol. The Morgan fingerprint density at radius 3 is 1.21 bits per heavy atom. The molecule has 11 amide bonds. The number of hydrogen-bond acceptors (Lipinski definition) is 14. The second-order valence-electron chi connectivity index (χ2n) is 29.2. The summed E-state index contributed by atoms with van der Waals surface area (Å²) in [5.74, 6) is -9.72. The quantitative estimate of drug-likeness (QED) is 0.0708. The number of amides is 11. The minimum atomic E-state index is -1.64. The van der Waals surface area contributed by atoms with Gasteiger partial charge < -0.3 is 65.6 Å². The van der Waals surface area contributed by atoms with E-state index in [2.05, 4.69) is 26.2 Å². The number of carbonyl (C=O) groups is 11. The van der Waals surface area contributed by atoms with Crippen LogP contribution in [0.4, 0.5) is 0 Å². The van der Waals surface area contributed by atoms with E-state index in [4.69, 9.17) is 0 Å². The van der Waals surface area contributed by atoms with E-state index in [1.165, 1.54) is 104 Å². The van der Waals surface area contributed by atoms with E-state index in [-0.39, 0.29) is 55.1 Å². The Morgan fingerprint density at radius 2 is 0.789 bits per heavy atom. The summed E-state index contributed by atoms with van der Waals surface area (Å²) in [7, 11) is 10.2. The van der Waals surface area contributed by atoms with Gasteiger partial charge in [-0.3, -0.25) is 52.7 Å². The second kappa shape index (κ2) is 40.8. The van der Waals surface area contributed by atoms with Gasteiger partial charge in [-0.05, 0) is 113 Å². The lowest BCUT2D eigenvalue weighted by Gasteiger charge is -2.42. The molecular weight excluding hydrogens is 1230 g/mol. The SMILES string of the molecule is CC=CC[C@@H](C)[C@@H](O)[C@@H]1C(=O)N[C@H](C(C)C)C(=O)N(C)[C@H](CSCCN(CC)CC)C(=O)N(C)[C@@H](CC(C)C)C(=O)N[C@H](C(C)C)C(=O)N(C)C(CC(C)C)C(=O)N[C@H](C)C(=O)N[C@@H](C)C(=O)N(C)[C@H](CC(C)C)C(=O)N(C)[C@H](CC(C)C)C(=O)N(C)[C@H](C(C)C)C(=O)N1C. The van der Waals surface area contributed by atoms with Crippen LogP contribution in [-0.2, 0) is 52.7 Å². The van der Waals surface area contributed by atoms with Crippen molar-refractivity contribution in [1.29, 1.82) is 0 Å². The van der Waals surface area contributed by atoms with Crippen molar-refractivity contribution in [3.05, 3.63) is 12.2 Å². The third-order valence-corrected chi connectivity index (χ3v) is 19.3. The largest absolute Gasteiger partial charge is 0.390 e. The van der Waals surface area contributed by atoms with Gasteiger partial charge in [-0.1, -0.05) is 130 Å². The molecule has 1 aliphatic heterocycles. The Bertz CT molecular complexity index is 2560. The molecule has 5 N–H and O–H groups in total. The van der Waals surface area contributed by atoms with Crippen LogP contribution < -0.4 is 21.3 Å². The number of aliphatic hydroxyl groups excluding tert-OH is 1. The molecule has 13 atom stereocenters. The highest BCUT2D eigenvalue weighted by molar-refractivity contribution is 7.99. The van der Waals surface area contributed by atoms with E-state index in [0.29, 0.717) is 18.7 Å². The Balaban J connectivity index is 4.60. The highest BCUT2D eigenvalue weighted by Gasteiger charge is 2.47. The van der Waals surface area contributed by atoms with Crippen molar-refractivity contribution in [2.45, 2.75) is 243 Å². The molecule has 546 valence electrons. The van der Waals surface area contributed by atoms with E-state index in [1.54, 1.807) is 54.5 Å². The lowest BCUT2D eigenvalue weighted by molar-refractivity contribution is -0.157. The van der Waals surface area contributed by atoms with Gasteiger partial charge in [0.25, 0.3) is 0 Å². The molecule has 0 bridgehead atoms. The average molecular weight is 1360 g/mol. The molecular formula is C70H128N12O12S. The minimum Gasteiger partial charge on any atom is -0.390 e. The van der Waals surface area contributed by atoms with Gasteiger partial charge in [0.1, 0.15) is 66.5 Å². The Labute approximate surface area is 575 Å². The van der Waals surface area contributed by atoms with Crippen LogP contribution in [0.15, 0.2) is 12.2 Å². The fourth-order valence-electron chi connectivity index (χ4n) is 12.0. The van der Waals surface area contributed by atoms with Gasteiger partial charge in [0.2, 0.25) is 65.0 Å². The van der Waals surface area contributed by atoms with Crippen molar-refractivity contribution in [2.24, 2.45) is 47.3 Å². The van der Waals surface area contributed by atoms with E-state index in [0.717, 1.165) is 18.0 Å². The first kappa shape index (κ1) is 87.2. The van der Waals surface area contributed by atoms with Crippen LogP contribution in [0.3, 0.4) is 0 Å². The predicted octanol–water partition coefficient (Wildman–Crippen LogP) is 4.96. The Hall–Kier alpha value is -5.82. The van der Waals surface area contributed by atoms with Crippen LogP contribution in [0.25, 0.3) is 0 Å². The number of thioether (sulfide) groups is 1. The van der Waals surface area contributed by atoms with Crippen LogP contribution in [-0.4, -0.2) is 262 Å². The molecule has 0 aromatic rings. The molecule has 0 saturated carbocycles. The zero-order chi connectivity index (χ0) is 73.5. The highest BCUT2D eigenvalue weighted by Crippen LogP contribution is 2.27. The molecule has 1 unspecified atom stereocenters. The average Bonchev–Trinajstić information content (AvgIpc) is 0.813. The van der Waals surface area contributed by atoms with Crippen molar-refractivity contribution < 1.29 is 57.8 Å². The summed E-state index contributed by atoms with van der Waals surface area (Å²) in [4.78, 5) is 176. The number of nitrogens with zero attached hydrogens (tertiary/aromatic N) is 8. The maximum Gasteiger partial charge on any atom is 0.246 e. The van der Waals surface area contributed by atoms with Crippen molar-refractivity contribution >= 4 is 76.7 Å². The maximum absolute atomic E-state index is 15.5. The second-order valence-corrected chi connectivity index (χ2v) is 30.3. The molecule has 0 aromatic heterocycles. The zero-order valence-corrected chi connectivity index (χ0v) is 64.0. The van der Waals surface area contributed by atoms with E-state index in [9.17, 15) is 24.3 Å². The highest BCUT2D eigenvalue weighted by atomic mass is 32.2. The number of carbonyl (C=O) groups excluding carboxylic acids is 11. The number of rotatable bonds is 22. The number of allylic oxidation sites excluding steroid dienone is 2. The van der Waals surface area contributed by atoms with Crippen molar-refractivity contribution in [3.63, 3.8) is 0 Å². The molecule has 1 saturated heterocycles. The smallest absolute Gasteiger partial charge is 0.246 e. The molecule has 0 spiro atoms. The molecule has 1 heterocycles. The minimum absolute atomic E-state index is 0.0809. The summed E-state index contributed by atoms with van der Waals surface area (Å²) in [5, 5.41) is 23.7.